The molecule has 0 unspecified atom stereocenters. The van der Waals surface area contributed by atoms with Gasteiger partial charge in [0.2, 0.25) is 10.0 Å². The first-order valence-electron chi connectivity index (χ1n) is 8.53. The fourth-order valence-electron chi connectivity index (χ4n) is 2.55. The van der Waals surface area contributed by atoms with E-state index < -0.39 is 10.0 Å². The molecule has 0 aliphatic heterocycles. The van der Waals surface area contributed by atoms with Crippen molar-refractivity contribution in [2.75, 3.05) is 37.8 Å². The van der Waals surface area contributed by atoms with Gasteiger partial charge in [-0.05, 0) is 43.5 Å². The van der Waals surface area contributed by atoms with Gasteiger partial charge in [0.15, 0.2) is 0 Å². The molecular formula is C19H27N3O2S. The van der Waals surface area contributed by atoms with Crippen LogP contribution >= 0.6 is 0 Å². The van der Waals surface area contributed by atoms with E-state index in [-0.39, 0.29) is 0 Å². The van der Waals surface area contributed by atoms with Crippen LogP contribution in [0.4, 0.5) is 11.4 Å². The van der Waals surface area contributed by atoms with Crippen LogP contribution in [0.5, 0.6) is 0 Å². The largest absolute Gasteiger partial charge is 0.384 e. The number of hydrogen-bond donors (Lipinski definition) is 2. The number of nitrogens with one attached hydrogen (secondary N) is 2. The predicted octanol–water partition coefficient (Wildman–Crippen LogP) is 3.41. The van der Waals surface area contributed by atoms with Crippen LogP contribution in [0.1, 0.15) is 18.9 Å². The summed E-state index contributed by atoms with van der Waals surface area (Å²) in [6, 6.07) is 15.5. The molecule has 0 radical (unpaired) electrons. The van der Waals surface area contributed by atoms with Crippen molar-refractivity contribution in [2.45, 2.75) is 24.7 Å². The molecule has 2 N–H and O–H groups in total. The van der Waals surface area contributed by atoms with Gasteiger partial charge in [-0.15, -0.1) is 0 Å². The zero-order valence-electron chi connectivity index (χ0n) is 15.1. The van der Waals surface area contributed by atoms with Crippen LogP contribution in [0.25, 0.3) is 0 Å². The first-order chi connectivity index (χ1) is 11.9. The Morgan fingerprint density at radius 3 is 2.32 bits per heavy atom. The summed E-state index contributed by atoms with van der Waals surface area (Å²) in [5, 5.41) is 6.65. The number of rotatable bonds is 9. The van der Waals surface area contributed by atoms with Gasteiger partial charge in [0.05, 0.1) is 16.3 Å². The molecular weight excluding hydrogens is 334 g/mol. The molecule has 136 valence electrons. The van der Waals surface area contributed by atoms with Crippen molar-refractivity contribution in [2.24, 2.45) is 0 Å². The third-order valence-electron chi connectivity index (χ3n) is 3.94. The maximum Gasteiger partial charge on any atom is 0.242 e. The summed E-state index contributed by atoms with van der Waals surface area (Å²) in [6.45, 7) is 3.57. The molecule has 0 saturated carbocycles. The van der Waals surface area contributed by atoms with E-state index in [4.69, 9.17) is 0 Å². The molecule has 6 heteroatoms. The molecule has 0 heterocycles. The minimum Gasteiger partial charge on any atom is -0.384 e. The van der Waals surface area contributed by atoms with E-state index in [1.807, 2.05) is 31.2 Å². The number of aryl methyl sites for hydroxylation is 1. The molecule has 0 aliphatic rings. The topological polar surface area (TPSA) is 61.4 Å². The maximum absolute atomic E-state index is 12.3. The quantitative estimate of drug-likeness (QED) is 0.672. The molecule has 0 atom stereocenters. The average molecular weight is 362 g/mol. The van der Waals surface area contributed by atoms with Crippen LogP contribution in [0.3, 0.4) is 0 Å². The summed E-state index contributed by atoms with van der Waals surface area (Å²) in [7, 11) is -0.355. The third kappa shape index (κ3) is 5.21. The maximum atomic E-state index is 12.3. The zero-order chi connectivity index (χ0) is 18.3. The fraction of sp³-hybridized carbons (Fsp3) is 0.368. The summed E-state index contributed by atoms with van der Waals surface area (Å²) in [6.07, 6.45) is 1.96. The van der Waals surface area contributed by atoms with Crippen LogP contribution in [-0.4, -0.2) is 39.9 Å². The normalized spacial score (nSPS) is 11.5. The van der Waals surface area contributed by atoms with Gasteiger partial charge in [0, 0.05) is 27.2 Å². The zero-order valence-corrected chi connectivity index (χ0v) is 15.9. The van der Waals surface area contributed by atoms with E-state index >= 15 is 0 Å². The molecule has 0 aliphatic carbocycles. The average Bonchev–Trinajstić information content (AvgIpc) is 2.60. The predicted molar refractivity (Wildman–Crippen MR) is 105 cm³/mol. The molecule has 5 nitrogen and oxygen atoms in total. The SMILES string of the molecule is CCNc1ccc(S(=O)(=O)N(C)C)cc1NCCCc1ccccc1. The first kappa shape index (κ1) is 19.3. The lowest BCUT2D eigenvalue weighted by molar-refractivity contribution is 0.521. The van der Waals surface area contributed by atoms with E-state index in [1.54, 1.807) is 26.2 Å². The molecule has 0 aromatic heterocycles. The minimum absolute atomic E-state index is 0.296. The molecule has 25 heavy (non-hydrogen) atoms. The van der Waals surface area contributed by atoms with E-state index in [2.05, 4.69) is 22.8 Å². The van der Waals surface area contributed by atoms with Gasteiger partial charge in [0.1, 0.15) is 0 Å². The van der Waals surface area contributed by atoms with E-state index in [0.717, 1.165) is 37.3 Å². The highest BCUT2D eigenvalue weighted by atomic mass is 32.2. The summed E-state index contributed by atoms with van der Waals surface area (Å²) in [4.78, 5) is 0.296. The van der Waals surface area contributed by atoms with Gasteiger partial charge in [-0.2, -0.15) is 0 Å². The Labute approximate surface area is 151 Å². The van der Waals surface area contributed by atoms with Crippen molar-refractivity contribution in [1.29, 1.82) is 0 Å². The molecule has 0 saturated heterocycles. The van der Waals surface area contributed by atoms with Crippen LogP contribution in [0.2, 0.25) is 0 Å². The van der Waals surface area contributed by atoms with Crippen molar-refractivity contribution in [3.8, 4) is 0 Å². The second-order valence-electron chi connectivity index (χ2n) is 6.04. The lowest BCUT2D eigenvalue weighted by atomic mass is 10.1. The summed E-state index contributed by atoms with van der Waals surface area (Å²) in [5.41, 5.74) is 3.04. The molecule has 2 rings (SSSR count). The number of nitrogens with zero attached hydrogens (tertiary/aromatic N) is 1. The highest BCUT2D eigenvalue weighted by Gasteiger charge is 2.18. The van der Waals surface area contributed by atoms with Gasteiger partial charge in [-0.3, -0.25) is 0 Å². The van der Waals surface area contributed by atoms with E-state index in [0.29, 0.717) is 4.90 Å². The van der Waals surface area contributed by atoms with Crippen molar-refractivity contribution in [1.82, 2.24) is 4.31 Å². The Morgan fingerprint density at radius 2 is 1.68 bits per heavy atom. The molecule has 2 aromatic rings. The minimum atomic E-state index is -3.44. The molecule has 0 fully saturated rings. The molecule has 2 aromatic carbocycles. The standard InChI is InChI=1S/C19H27N3O2S/c1-4-20-18-13-12-17(25(23,24)22(2)3)15-19(18)21-14-8-11-16-9-6-5-7-10-16/h5-7,9-10,12-13,15,20-21H,4,8,11,14H2,1-3H3. The first-order valence-corrected chi connectivity index (χ1v) is 9.97. The lowest BCUT2D eigenvalue weighted by Crippen LogP contribution is -2.22. The second-order valence-corrected chi connectivity index (χ2v) is 8.19. The second kappa shape index (κ2) is 8.87. The van der Waals surface area contributed by atoms with Crippen LogP contribution in [0, 0.1) is 0 Å². The molecule has 0 amide bonds. The van der Waals surface area contributed by atoms with Crippen molar-refractivity contribution in [3.05, 3.63) is 54.1 Å². The van der Waals surface area contributed by atoms with E-state index in [1.165, 1.54) is 9.87 Å². The fourth-order valence-corrected chi connectivity index (χ4v) is 3.47. The number of sulfonamides is 1. The highest BCUT2D eigenvalue weighted by Crippen LogP contribution is 2.26. The van der Waals surface area contributed by atoms with Gasteiger partial charge >= 0.3 is 0 Å². The monoisotopic (exact) mass is 361 g/mol. The number of benzene rings is 2. The Kier molecular flexibility index (Phi) is 6.84. The van der Waals surface area contributed by atoms with Gasteiger partial charge in [0.25, 0.3) is 0 Å². The Hall–Kier alpha value is -2.05. The molecule has 0 spiro atoms. The van der Waals surface area contributed by atoms with Crippen molar-refractivity contribution in [3.63, 3.8) is 0 Å². The van der Waals surface area contributed by atoms with Gasteiger partial charge < -0.3 is 10.6 Å². The van der Waals surface area contributed by atoms with Gasteiger partial charge in [-0.25, -0.2) is 12.7 Å². The Bertz CT molecular complexity index is 775. The Morgan fingerprint density at radius 1 is 0.960 bits per heavy atom. The highest BCUT2D eigenvalue weighted by molar-refractivity contribution is 7.89. The summed E-state index contributed by atoms with van der Waals surface area (Å²) < 4.78 is 25.9. The van der Waals surface area contributed by atoms with Crippen molar-refractivity contribution >= 4 is 21.4 Å². The lowest BCUT2D eigenvalue weighted by Gasteiger charge is -2.17. The number of anilines is 2. The summed E-state index contributed by atoms with van der Waals surface area (Å²) in [5.74, 6) is 0. The van der Waals surface area contributed by atoms with Gasteiger partial charge in [-0.1, -0.05) is 30.3 Å². The smallest absolute Gasteiger partial charge is 0.242 e. The van der Waals surface area contributed by atoms with Crippen LogP contribution in [-0.2, 0) is 16.4 Å². The third-order valence-corrected chi connectivity index (χ3v) is 5.75. The summed E-state index contributed by atoms with van der Waals surface area (Å²) >= 11 is 0. The Balaban J connectivity index is 2.08. The van der Waals surface area contributed by atoms with Crippen LogP contribution in [0.15, 0.2) is 53.4 Å². The van der Waals surface area contributed by atoms with Crippen molar-refractivity contribution < 1.29 is 8.42 Å². The van der Waals surface area contributed by atoms with E-state index in [9.17, 15) is 8.42 Å². The molecule has 0 bridgehead atoms. The van der Waals surface area contributed by atoms with Crippen LogP contribution < -0.4 is 10.6 Å². The number of hydrogen-bond acceptors (Lipinski definition) is 4.